The predicted octanol–water partition coefficient (Wildman–Crippen LogP) is 3.33. The lowest BCUT2D eigenvalue weighted by atomic mass is 9.49. The molecule has 4 aliphatic rings. The lowest BCUT2D eigenvalue weighted by Gasteiger charge is -2.58. The minimum atomic E-state index is -0.391. The van der Waals surface area contributed by atoms with Crippen LogP contribution < -0.4 is 9.47 Å². The summed E-state index contributed by atoms with van der Waals surface area (Å²) in [4.78, 5) is 16.3. The van der Waals surface area contributed by atoms with Gasteiger partial charge in [0, 0.05) is 22.9 Å². The Kier molecular flexibility index (Phi) is 3.32. The van der Waals surface area contributed by atoms with Gasteiger partial charge in [-0.15, -0.1) is 0 Å². The standard InChI is InChI=1S/C24H25NO3/c1-25-11-10-24-17-13-16(14-6-4-3-5-7-14)21(26)23(24)28-22-19(27-2)9-8-15(20(22)24)12-18(17)25/h3-9,16-18,23H,10-13H2,1-2H3/t16-,17+,18-,23+,24+/m1/s1. The van der Waals surface area contributed by atoms with Gasteiger partial charge in [-0.05, 0) is 56.0 Å². The van der Waals surface area contributed by atoms with Crippen LogP contribution >= 0.6 is 0 Å². The number of carbonyl (C=O) groups excluding carboxylic acids is 1. The van der Waals surface area contributed by atoms with Crippen molar-refractivity contribution < 1.29 is 14.3 Å². The molecule has 2 aliphatic carbocycles. The Morgan fingerprint density at radius 2 is 2.00 bits per heavy atom. The van der Waals surface area contributed by atoms with Crippen LogP contribution in [0.5, 0.6) is 11.5 Å². The minimum absolute atomic E-state index is 0.0832. The van der Waals surface area contributed by atoms with E-state index in [9.17, 15) is 4.79 Å². The maximum atomic E-state index is 13.8. The Morgan fingerprint density at radius 1 is 1.18 bits per heavy atom. The molecule has 2 heterocycles. The highest BCUT2D eigenvalue weighted by molar-refractivity contribution is 5.94. The van der Waals surface area contributed by atoms with Gasteiger partial charge in [0.15, 0.2) is 23.4 Å². The van der Waals surface area contributed by atoms with Crippen molar-refractivity contribution in [2.45, 2.75) is 42.7 Å². The number of hydrogen-bond acceptors (Lipinski definition) is 4. The molecule has 1 spiro atoms. The van der Waals surface area contributed by atoms with Crippen molar-refractivity contribution in [3.63, 3.8) is 0 Å². The summed E-state index contributed by atoms with van der Waals surface area (Å²) in [5, 5.41) is 0. The minimum Gasteiger partial charge on any atom is -0.493 e. The van der Waals surface area contributed by atoms with Crippen molar-refractivity contribution in [2.75, 3.05) is 20.7 Å². The van der Waals surface area contributed by atoms with Crippen molar-refractivity contribution in [3.05, 3.63) is 59.2 Å². The number of rotatable bonds is 2. The Hall–Kier alpha value is -2.33. The van der Waals surface area contributed by atoms with Gasteiger partial charge >= 0.3 is 0 Å². The van der Waals surface area contributed by atoms with Gasteiger partial charge in [0.2, 0.25) is 0 Å². The molecule has 28 heavy (non-hydrogen) atoms. The van der Waals surface area contributed by atoms with E-state index in [1.54, 1.807) is 7.11 Å². The molecule has 144 valence electrons. The number of carbonyl (C=O) groups is 1. The lowest BCUT2D eigenvalue weighted by molar-refractivity contribution is -0.140. The van der Waals surface area contributed by atoms with E-state index in [1.165, 1.54) is 11.1 Å². The third kappa shape index (κ3) is 1.87. The molecule has 0 N–H and O–H groups in total. The molecule has 0 radical (unpaired) electrons. The van der Waals surface area contributed by atoms with Crippen molar-refractivity contribution in [3.8, 4) is 11.5 Å². The average Bonchev–Trinajstić information content (AvgIpc) is 3.08. The molecule has 2 fully saturated rings. The zero-order chi connectivity index (χ0) is 19.0. The summed E-state index contributed by atoms with van der Waals surface area (Å²) < 4.78 is 12.1. The number of nitrogens with zero attached hydrogens (tertiary/aromatic N) is 1. The fourth-order valence-electron chi connectivity index (χ4n) is 6.66. The first kappa shape index (κ1) is 16.6. The predicted molar refractivity (Wildman–Crippen MR) is 106 cm³/mol. The van der Waals surface area contributed by atoms with Crippen LogP contribution in [0.2, 0.25) is 0 Å². The van der Waals surface area contributed by atoms with Crippen molar-refractivity contribution >= 4 is 5.78 Å². The largest absolute Gasteiger partial charge is 0.493 e. The number of methoxy groups -OCH3 is 1. The van der Waals surface area contributed by atoms with E-state index < -0.39 is 6.10 Å². The summed E-state index contributed by atoms with van der Waals surface area (Å²) in [6.45, 7) is 1.01. The number of benzene rings is 2. The van der Waals surface area contributed by atoms with Crippen LogP contribution in [0, 0.1) is 5.92 Å². The van der Waals surface area contributed by atoms with Gasteiger partial charge in [-0.3, -0.25) is 4.79 Å². The highest BCUT2D eigenvalue weighted by Gasteiger charge is 2.67. The molecule has 5 atom stereocenters. The Labute approximate surface area is 165 Å². The number of piperidine rings is 1. The molecule has 2 aliphatic heterocycles. The fraction of sp³-hybridized carbons (Fsp3) is 0.458. The van der Waals surface area contributed by atoms with E-state index >= 15 is 0 Å². The summed E-state index contributed by atoms with van der Waals surface area (Å²) in [6, 6.07) is 14.9. The molecule has 6 rings (SSSR count). The van der Waals surface area contributed by atoms with Gasteiger partial charge in [0.25, 0.3) is 0 Å². The number of ketones is 1. The monoisotopic (exact) mass is 375 g/mol. The van der Waals surface area contributed by atoms with Gasteiger partial charge in [0.1, 0.15) is 0 Å². The van der Waals surface area contributed by atoms with Crippen LogP contribution in [-0.2, 0) is 16.6 Å². The highest BCUT2D eigenvalue weighted by Crippen LogP contribution is 2.64. The number of likely N-dealkylation sites (tertiary alicyclic amines) is 1. The smallest absolute Gasteiger partial charge is 0.181 e. The van der Waals surface area contributed by atoms with E-state index in [1.807, 2.05) is 24.3 Å². The van der Waals surface area contributed by atoms with Gasteiger partial charge in [-0.2, -0.15) is 0 Å². The van der Waals surface area contributed by atoms with Crippen molar-refractivity contribution in [2.24, 2.45) is 5.92 Å². The maximum Gasteiger partial charge on any atom is 0.181 e. The zero-order valence-electron chi connectivity index (χ0n) is 16.4. The van der Waals surface area contributed by atoms with Crippen LogP contribution in [0.3, 0.4) is 0 Å². The zero-order valence-corrected chi connectivity index (χ0v) is 16.4. The average molecular weight is 375 g/mol. The summed E-state index contributed by atoms with van der Waals surface area (Å²) in [7, 11) is 3.93. The number of Topliss-reactive ketones (excluding diaryl/α,β-unsaturated/α-hetero) is 1. The first-order chi connectivity index (χ1) is 13.6. The van der Waals surface area contributed by atoms with E-state index in [-0.39, 0.29) is 17.1 Å². The molecule has 0 aromatic heterocycles. The molecule has 4 nitrogen and oxygen atoms in total. The molecule has 0 unspecified atom stereocenters. The number of likely N-dealkylation sites (N-methyl/N-ethyl adjacent to an activating group) is 1. The van der Waals surface area contributed by atoms with E-state index in [2.05, 4.69) is 30.1 Å². The van der Waals surface area contributed by atoms with E-state index in [4.69, 9.17) is 9.47 Å². The van der Waals surface area contributed by atoms with Crippen molar-refractivity contribution in [1.82, 2.24) is 4.90 Å². The Bertz CT molecular complexity index is 971. The van der Waals surface area contributed by atoms with E-state index in [0.717, 1.165) is 42.9 Å². The fourth-order valence-corrected chi connectivity index (χ4v) is 6.66. The molecule has 2 aromatic rings. The quantitative estimate of drug-likeness (QED) is 0.807. The summed E-state index contributed by atoms with van der Waals surface area (Å²) >= 11 is 0. The second-order valence-corrected chi connectivity index (χ2v) is 8.88. The molecule has 1 saturated heterocycles. The number of ether oxygens (including phenoxy) is 2. The Morgan fingerprint density at radius 3 is 2.79 bits per heavy atom. The van der Waals surface area contributed by atoms with Gasteiger partial charge in [-0.25, -0.2) is 0 Å². The first-order valence-corrected chi connectivity index (χ1v) is 10.3. The van der Waals surface area contributed by atoms with Crippen LogP contribution in [0.15, 0.2) is 42.5 Å². The normalized spacial score (nSPS) is 35.3. The number of hydrogen-bond donors (Lipinski definition) is 0. The van der Waals surface area contributed by atoms with Crippen LogP contribution in [-0.4, -0.2) is 43.5 Å². The topological polar surface area (TPSA) is 38.8 Å². The third-order valence-electron chi connectivity index (χ3n) is 7.89. The lowest BCUT2D eigenvalue weighted by Crippen LogP contribution is -2.66. The first-order valence-electron chi connectivity index (χ1n) is 10.3. The summed E-state index contributed by atoms with van der Waals surface area (Å²) in [6.07, 6.45) is 2.53. The molecule has 4 heteroatoms. The SMILES string of the molecule is COc1ccc2c3c1O[C@H]1C(=O)[C@@H](c4ccccc4)C[C@H]4[C@@H](C2)N(C)CC[C@]314. The van der Waals surface area contributed by atoms with Crippen molar-refractivity contribution in [1.29, 1.82) is 0 Å². The summed E-state index contributed by atoms with van der Waals surface area (Å²) in [5.41, 5.74) is 3.57. The van der Waals surface area contributed by atoms with Crippen LogP contribution in [0.4, 0.5) is 0 Å². The van der Waals surface area contributed by atoms with Gasteiger partial charge in [0.05, 0.1) is 7.11 Å². The molecule has 0 amide bonds. The third-order valence-corrected chi connectivity index (χ3v) is 7.89. The Balaban J connectivity index is 1.57. The summed E-state index contributed by atoms with van der Waals surface area (Å²) in [5.74, 6) is 2.19. The van der Waals surface area contributed by atoms with Crippen LogP contribution in [0.25, 0.3) is 0 Å². The molecular weight excluding hydrogens is 350 g/mol. The van der Waals surface area contributed by atoms with Crippen LogP contribution in [0.1, 0.15) is 35.4 Å². The van der Waals surface area contributed by atoms with Gasteiger partial charge < -0.3 is 14.4 Å². The van der Waals surface area contributed by atoms with Gasteiger partial charge in [-0.1, -0.05) is 36.4 Å². The molecule has 2 aromatic carbocycles. The molecular formula is C24H25NO3. The molecule has 1 saturated carbocycles. The molecule has 2 bridgehead atoms. The second-order valence-electron chi connectivity index (χ2n) is 8.88. The van der Waals surface area contributed by atoms with E-state index in [0.29, 0.717) is 12.0 Å². The highest BCUT2D eigenvalue weighted by atomic mass is 16.5. The second kappa shape index (κ2) is 5.60. The maximum absolute atomic E-state index is 13.8.